The van der Waals surface area contributed by atoms with Gasteiger partial charge < -0.3 is 15.0 Å². The third-order valence-electron chi connectivity index (χ3n) is 5.14. The normalized spacial score (nSPS) is 30.6. The minimum atomic E-state index is 0.230. The van der Waals surface area contributed by atoms with Gasteiger partial charge >= 0.3 is 0 Å². The number of nitrogens with one attached hydrogen (secondary N) is 1. The first-order valence-corrected chi connectivity index (χ1v) is 7.57. The number of hydrogen-bond acceptors (Lipinski definition) is 3. The zero-order chi connectivity index (χ0) is 14.5. The molecule has 3 rings (SSSR count). The van der Waals surface area contributed by atoms with Crippen molar-refractivity contribution in [3.05, 3.63) is 23.8 Å². The van der Waals surface area contributed by atoms with E-state index in [1.807, 2.05) is 0 Å². The first kappa shape index (κ1) is 13.7. The molecule has 3 nitrogen and oxygen atoms in total. The third-order valence-corrected chi connectivity index (χ3v) is 5.14. The molecule has 1 N–H and O–H groups in total. The van der Waals surface area contributed by atoms with Crippen LogP contribution < -0.4 is 10.2 Å². The Bertz CT molecular complexity index is 510. The standard InChI is InChI=1S/C17H26N2O/c1-11-10-12(19(4)5)6-7-14(11)18-15-13-8-9-20-16(13)17(15,2)3/h6-7,10,13,15-16,18H,8-9H2,1-5H3. The fourth-order valence-corrected chi connectivity index (χ4v) is 3.87. The van der Waals surface area contributed by atoms with E-state index in [9.17, 15) is 0 Å². The van der Waals surface area contributed by atoms with Crippen LogP contribution in [0, 0.1) is 18.3 Å². The Hall–Kier alpha value is -1.22. The summed E-state index contributed by atoms with van der Waals surface area (Å²) in [4.78, 5) is 2.14. The number of aryl methyl sites for hydroxylation is 1. The second kappa shape index (κ2) is 4.66. The summed E-state index contributed by atoms with van der Waals surface area (Å²) >= 11 is 0. The molecular weight excluding hydrogens is 248 g/mol. The van der Waals surface area contributed by atoms with E-state index in [1.54, 1.807) is 0 Å². The minimum absolute atomic E-state index is 0.230. The van der Waals surface area contributed by atoms with E-state index >= 15 is 0 Å². The maximum Gasteiger partial charge on any atom is 0.0694 e. The van der Waals surface area contributed by atoms with Crippen molar-refractivity contribution in [1.29, 1.82) is 0 Å². The summed E-state index contributed by atoms with van der Waals surface area (Å²) in [6.45, 7) is 7.75. The average Bonchev–Trinajstić information content (AvgIpc) is 2.83. The molecule has 3 atom stereocenters. The molecule has 1 aliphatic carbocycles. The SMILES string of the molecule is Cc1cc(N(C)C)ccc1NC1C2CCOC2C1(C)C. The van der Waals surface area contributed by atoms with E-state index in [1.165, 1.54) is 23.4 Å². The highest BCUT2D eigenvalue weighted by Crippen LogP contribution is 2.53. The third kappa shape index (κ3) is 1.99. The largest absolute Gasteiger partial charge is 0.381 e. The maximum atomic E-state index is 5.87. The Morgan fingerprint density at radius 2 is 2.05 bits per heavy atom. The van der Waals surface area contributed by atoms with Crippen LogP contribution in [0.2, 0.25) is 0 Å². The fraction of sp³-hybridized carbons (Fsp3) is 0.647. The number of nitrogens with zero attached hydrogens (tertiary/aromatic N) is 1. The fourth-order valence-electron chi connectivity index (χ4n) is 3.87. The van der Waals surface area contributed by atoms with Crippen LogP contribution in [0.5, 0.6) is 0 Å². The minimum Gasteiger partial charge on any atom is -0.381 e. The van der Waals surface area contributed by atoms with Crippen LogP contribution in [0.4, 0.5) is 11.4 Å². The number of ether oxygens (including phenoxy) is 1. The van der Waals surface area contributed by atoms with Crippen molar-refractivity contribution in [3.8, 4) is 0 Å². The van der Waals surface area contributed by atoms with Crippen molar-refractivity contribution in [1.82, 2.24) is 0 Å². The van der Waals surface area contributed by atoms with Crippen molar-refractivity contribution < 1.29 is 4.74 Å². The summed E-state index contributed by atoms with van der Waals surface area (Å²) in [6.07, 6.45) is 1.64. The van der Waals surface area contributed by atoms with Gasteiger partial charge in [-0.15, -0.1) is 0 Å². The lowest BCUT2D eigenvalue weighted by atomic mass is 9.57. The predicted molar refractivity (Wildman–Crippen MR) is 84.5 cm³/mol. The summed E-state index contributed by atoms with van der Waals surface area (Å²) < 4.78 is 5.87. The molecule has 1 saturated carbocycles. The average molecular weight is 274 g/mol. The second-order valence-corrected chi connectivity index (χ2v) is 7.08. The molecule has 2 aliphatic rings. The van der Waals surface area contributed by atoms with E-state index in [0.717, 1.165) is 6.61 Å². The molecule has 3 heteroatoms. The molecule has 0 bridgehead atoms. The molecule has 1 aromatic rings. The van der Waals surface area contributed by atoms with E-state index in [4.69, 9.17) is 4.74 Å². The zero-order valence-electron chi connectivity index (χ0n) is 13.2. The van der Waals surface area contributed by atoms with Crippen LogP contribution in [0.25, 0.3) is 0 Å². The Labute approximate surface area is 122 Å². The summed E-state index contributed by atoms with van der Waals surface area (Å²) in [5.74, 6) is 0.679. The predicted octanol–water partition coefficient (Wildman–Crippen LogP) is 3.29. The monoisotopic (exact) mass is 274 g/mol. The van der Waals surface area contributed by atoms with Gasteiger partial charge in [0.25, 0.3) is 0 Å². The van der Waals surface area contributed by atoms with Crippen LogP contribution in [0.3, 0.4) is 0 Å². The van der Waals surface area contributed by atoms with Gasteiger partial charge in [0.05, 0.1) is 6.10 Å². The molecule has 1 heterocycles. The van der Waals surface area contributed by atoms with Gasteiger partial charge in [0.15, 0.2) is 0 Å². The summed E-state index contributed by atoms with van der Waals surface area (Å²) in [6, 6.07) is 7.17. The summed E-state index contributed by atoms with van der Waals surface area (Å²) in [7, 11) is 4.16. The second-order valence-electron chi connectivity index (χ2n) is 7.08. The molecule has 0 radical (unpaired) electrons. The van der Waals surface area contributed by atoms with Crippen molar-refractivity contribution in [3.63, 3.8) is 0 Å². The Morgan fingerprint density at radius 1 is 1.30 bits per heavy atom. The molecule has 0 aromatic heterocycles. The van der Waals surface area contributed by atoms with Gasteiger partial charge in [-0.25, -0.2) is 0 Å². The van der Waals surface area contributed by atoms with Gasteiger partial charge in [-0.05, 0) is 37.1 Å². The van der Waals surface area contributed by atoms with E-state index in [-0.39, 0.29) is 5.41 Å². The zero-order valence-corrected chi connectivity index (χ0v) is 13.2. The Morgan fingerprint density at radius 3 is 2.70 bits per heavy atom. The highest BCUT2D eigenvalue weighted by atomic mass is 16.5. The number of hydrogen-bond donors (Lipinski definition) is 1. The molecule has 1 saturated heterocycles. The summed E-state index contributed by atoms with van der Waals surface area (Å²) in [5, 5.41) is 3.78. The highest BCUT2D eigenvalue weighted by Gasteiger charge is 2.59. The number of rotatable bonds is 3. The highest BCUT2D eigenvalue weighted by molar-refractivity contribution is 5.60. The van der Waals surface area contributed by atoms with Crippen LogP contribution in [-0.4, -0.2) is 32.8 Å². The quantitative estimate of drug-likeness (QED) is 0.915. The molecule has 1 aliphatic heterocycles. The van der Waals surface area contributed by atoms with Crippen LogP contribution in [0.15, 0.2) is 18.2 Å². The Kier molecular flexibility index (Phi) is 3.20. The molecule has 2 fully saturated rings. The number of anilines is 2. The van der Waals surface area contributed by atoms with Gasteiger partial charge in [-0.1, -0.05) is 13.8 Å². The van der Waals surface area contributed by atoms with Crippen molar-refractivity contribution in [2.75, 3.05) is 30.9 Å². The maximum absolute atomic E-state index is 5.87. The first-order valence-electron chi connectivity index (χ1n) is 7.57. The van der Waals surface area contributed by atoms with E-state index in [0.29, 0.717) is 18.1 Å². The van der Waals surface area contributed by atoms with E-state index in [2.05, 4.69) is 63.3 Å². The lowest BCUT2D eigenvalue weighted by Crippen LogP contribution is -2.63. The Balaban J connectivity index is 1.78. The van der Waals surface area contributed by atoms with Crippen molar-refractivity contribution in [2.24, 2.45) is 11.3 Å². The smallest absolute Gasteiger partial charge is 0.0694 e. The molecular formula is C17H26N2O. The molecule has 0 amide bonds. The van der Waals surface area contributed by atoms with Gasteiger partial charge in [0, 0.05) is 49.5 Å². The molecule has 3 unspecified atom stereocenters. The van der Waals surface area contributed by atoms with Gasteiger partial charge in [-0.3, -0.25) is 0 Å². The van der Waals surface area contributed by atoms with Crippen LogP contribution in [-0.2, 0) is 4.74 Å². The van der Waals surface area contributed by atoms with Crippen LogP contribution >= 0.6 is 0 Å². The molecule has 20 heavy (non-hydrogen) atoms. The van der Waals surface area contributed by atoms with E-state index < -0.39 is 0 Å². The van der Waals surface area contributed by atoms with Gasteiger partial charge in [0.2, 0.25) is 0 Å². The topological polar surface area (TPSA) is 24.5 Å². The number of fused-ring (bicyclic) bond motifs is 1. The summed E-state index contributed by atoms with van der Waals surface area (Å²) in [5.41, 5.74) is 4.06. The number of benzene rings is 1. The molecule has 1 aromatic carbocycles. The van der Waals surface area contributed by atoms with Crippen LogP contribution in [0.1, 0.15) is 25.8 Å². The van der Waals surface area contributed by atoms with Gasteiger partial charge in [-0.2, -0.15) is 0 Å². The van der Waals surface area contributed by atoms with Gasteiger partial charge in [0.1, 0.15) is 0 Å². The first-order chi connectivity index (χ1) is 9.41. The molecule has 110 valence electrons. The van der Waals surface area contributed by atoms with Crippen molar-refractivity contribution >= 4 is 11.4 Å². The lowest BCUT2D eigenvalue weighted by molar-refractivity contribution is -0.0923. The molecule has 0 spiro atoms. The van der Waals surface area contributed by atoms with Crippen molar-refractivity contribution in [2.45, 2.75) is 39.3 Å². The lowest BCUT2D eigenvalue weighted by Gasteiger charge is -2.55.